The summed E-state index contributed by atoms with van der Waals surface area (Å²) in [5.74, 6) is 0.701. The van der Waals surface area contributed by atoms with Gasteiger partial charge in [0.2, 0.25) is 0 Å². The first kappa shape index (κ1) is 11.5. The predicted octanol–water partition coefficient (Wildman–Crippen LogP) is 4.15. The van der Waals surface area contributed by atoms with E-state index in [4.69, 9.17) is 5.73 Å². The standard InChI is InChI=1S/C17H19N/c18-17(15-7-4-8-15)16-11-9-14(10-12-16)13-5-2-1-3-6-13/h1-3,5-6,9-12,15,17H,4,7-8,18H2. The van der Waals surface area contributed by atoms with Crippen LogP contribution in [0.4, 0.5) is 0 Å². The topological polar surface area (TPSA) is 26.0 Å². The van der Waals surface area contributed by atoms with Crippen molar-refractivity contribution in [2.75, 3.05) is 0 Å². The summed E-state index contributed by atoms with van der Waals surface area (Å²) in [5.41, 5.74) is 10.1. The van der Waals surface area contributed by atoms with E-state index in [1.807, 2.05) is 6.07 Å². The van der Waals surface area contributed by atoms with Crippen molar-refractivity contribution in [2.45, 2.75) is 25.3 Å². The lowest BCUT2D eigenvalue weighted by Crippen LogP contribution is -2.26. The molecular formula is C17H19N. The van der Waals surface area contributed by atoms with Gasteiger partial charge in [-0.15, -0.1) is 0 Å². The van der Waals surface area contributed by atoms with Crippen LogP contribution in [0.1, 0.15) is 30.9 Å². The minimum atomic E-state index is 0.226. The fourth-order valence-electron chi connectivity index (χ4n) is 2.60. The van der Waals surface area contributed by atoms with E-state index in [1.54, 1.807) is 0 Å². The van der Waals surface area contributed by atoms with Gasteiger partial charge in [0.25, 0.3) is 0 Å². The van der Waals surface area contributed by atoms with Gasteiger partial charge in [0.1, 0.15) is 0 Å². The highest BCUT2D eigenvalue weighted by Gasteiger charge is 2.25. The molecule has 0 aromatic heterocycles. The Labute approximate surface area is 109 Å². The van der Waals surface area contributed by atoms with E-state index in [0.29, 0.717) is 5.92 Å². The SMILES string of the molecule is NC(c1ccc(-c2ccccc2)cc1)C1CCC1. The molecule has 1 saturated carbocycles. The number of benzene rings is 2. The summed E-state index contributed by atoms with van der Waals surface area (Å²) in [7, 11) is 0. The Morgan fingerprint density at radius 3 is 2.00 bits per heavy atom. The van der Waals surface area contributed by atoms with Crippen LogP contribution in [0.2, 0.25) is 0 Å². The summed E-state index contributed by atoms with van der Waals surface area (Å²) in [5, 5.41) is 0. The average Bonchev–Trinajstić information content (AvgIpc) is 2.38. The third-order valence-corrected chi connectivity index (χ3v) is 4.06. The second-order valence-electron chi connectivity index (χ2n) is 5.20. The van der Waals surface area contributed by atoms with Crippen LogP contribution in [0.15, 0.2) is 54.6 Å². The quantitative estimate of drug-likeness (QED) is 0.852. The summed E-state index contributed by atoms with van der Waals surface area (Å²) in [6, 6.07) is 19.4. The summed E-state index contributed by atoms with van der Waals surface area (Å²) in [6.45, 7) is 0. The van der Waals surface area contributed by atoms with Crippen LogP contribution in [0.5, 0.6) is 0 Å². The molecule has 0 aliphatic heterocycles. The van der Waals surface area contributed by atoms with Crippen molar-refractivity contribution >= 4 is 0 Å². The highest BCUT2D eigenvalue weighted by Crippen LogP contribution is 2.36. The van der Waals surface area contributed by atoms with E-state index in [9.17, 15) is 0 Å². The zero-order valence-electron chi connectivity index (χ0n) is 10.5. The summed E-state index contributed by atoms with van der Waals surface area (Å²) in [6.07, 6.45) is 3.93. The molecule has 0 radical (unpaired) electrons. The fraction of sp³-hybridized carbons (Fsp3) is 0.294. The van der Waals surface area contributed by atoms with Crippen molar-refractivity contribution in [2.24, 2.45) is 11.7 Å². The molecule has 2 aromatic rings. The van der Waals surface area contributed by atoms with Crippen molar-refractivity contribution in [3.8, 4) is 11.1 Å². The highest BCUT2D eigenvalue weighted by atomic mass is 14.7. The smallest absolute Gasteiger partial charge is 0.0323 e. The van der Waals surface area contributed by atoms with Gasteiger partial charge in [-0.3, -0.25) is 0 Å². The van der Waals surface area contributed by atoms with E-state index in [0.717, 1.165) is 0 Å². The van der Waals surface area contributed by atoms with Crippen LogP contribution in [0, 0.1) is 5.92 Å². The third kappa shape index (κ3) is 2.19. The van der Waals surface area contributed by atoms with Crippen LogP contribution >= 0.6 is 0 Å². The number of rotatable bonds is 3. The van der Waals surface area contributed by atoms with E-state index in [-0.39, 0.29) is 6.04 Å². The molecule has 18 heavy (non-hydrogen) atoms. The maximum Gasteiger partial charge on any atom is 0.0323 e. The second-order valence-corrected chi connectivity index (χ2v) is 5.20. The zero-order chi connectivity index (χ0) is 12.4. The molecule has 1 aliphatic rings. The molecule has 1 aliphatic carbocycles. The molecule has 0 bridgehead atoms. The lowest BCUT2D eigenvalue weighted by atomic mass is 9.77. The Kier molecular flexibility index (Phi) is 3.16. The van der Waals surface area contributed by atoms with Crippen molar-refractivity contribution in [3.05, 3.63) is 60.2 Å². The highest BCUT2D eigenvalue weighted by molar-refractivity contribution is 5.63. The number of nitrogens with two attached hydrogens (primary N) is 1. The monoisotopic (exact) mass is 237 g/mol. The Morgan fingerprint density at radius 1 is 0.833 bits per heavy atom. The number of hydrogen-bond donors (Lipinski definition) is 1. The molecule has 0 spiro atoms. The molecule has 2 N–H and O–H groups in total. The van der Waals surface area contributed by atoms with Crippen LogP contribution in [0.25, 0.3) is 11.1 Å². The Balaban J connectivity index is 1.80. The van der Waals surface area contributed by atoms with Gasteiger partial charge in [0.05, 0.1) is 0 Å². The van der Waals surface area contributed by atoms with Gasteiger partial charge in [-0.05, 0) is 35.4 Å². The zero-order valence-corrected chi connectivity index (χ0v) is 10.5. The first-order valence-electron chi connectivity index (χ1n) is 6.75. The van der Waals surface area contributed by atoms with E-state index >= 15 is 0 Å². The van der Waals surface area contributed by atoms with Crippen LogP contribution in [0.3, 0.4) is 0 Å². The first-order valence-corrected chi connectivity index (χ1v) is 6.75. The van der Waals surface area contributed by atoms with Crippen LogP contribution in [-0.4, -0.2) is 0 Å². The maximum absolute atomic E-state index is 6.29. The average molecular weight is 237 g/mol. The van der Waals surface area contributed by atoms with Gasteiger partial charge in [0, 0.05) is 6.04 Å². The number of hydrogen-bond acceptors (Lipinski definition) is 1. The van der Waals surface area contributed by atoms with Crippen molar-refractivity contribution in [1.82, 2.24) is 0 Å². The Bertz CT molecular complexity index is 497. The van der Waals surface area contributed by atoms with Crippen molar-refractivity contribution < 1.29 is 0 Å². The fourth-order valence-corrected chi connectivity index (χ4v) is 2.60. The van der Waals surface area contributed by atoms with E-state index < -0.39 is 0 Å². The van der Waals surface area contributed by atoms with Gasteiger partial charge in [-0.1, -0.05) is 61.0 Å². The molecule has 1 atom stereocenters. The maximum atomic E-state index is 6.29. The lowest BCUT2D eigenvalue weighted by molar-refractivity contribution is 0.264. The second kappa shape index (κ2) is 4.95. The summed E-state index contributed by atoms with van der Waals surface area (Å²) >= 11 is 0. The van der Waals surface area contributed by atoms with Gasteiger partial charge >= 0.3 is 0 Å². The van der Waals surface area contributed by atoms with Crippen molar-refractivity contribution in [1.29, 1.82) is 0 Å². The summed E-state index contributed by atoms with van der Waals surface area (Å²) in [4.78, 5) is 0. The lowest BCUT2D eigenvalue weighted by Gasteiger charge is -2.31. The normalized spacial score (nSPS) is 17.2. The minimum Gasteiger partial charge on any atom is -0.324 e. The van der Waals surface area contributed by atoms with Crippen LogP contribution in [-0.2, 0) is 0 Å². The molecule has 1 nitrogen and oxygen atoms in total. The molecule has 1 heteroatoms. The van der Waals surface area contributed by atoms with Crippen molar-refractivity contribution in [3.63, 3.8) is 0 Å². The molecule has 0 saturated heterocycles. The van der Waals surface area contributed by atoms with Gasteiger partial charge < -0.3 is 5.73 Å². The molecule has 1 fully saturated rings. The Morgan fingerprint density at radius 2 is 1.44 bits per heavy atom. The van der Waals surface area contributed by atoms with Gasteiger partial charge in [-0.25, -0.2) is 0 Å². The van der Waals surface area contributed by atoms with E-state index in [1.165, 1.54) is 36.0 Å². The molecule has 0 heterocycles. The first-order chi connectivity index (χ1) is 8.84. The summed E-state index contributed by atoms with van der Waals surface area (Å²) < 4.78 is 0. The largest absolute Gasteiger partial charge is 0.324 e. The van der Waals surface area contributed by atoms with Gasteiger partial charge in [0.15, 0.2) is 0 Å². The predicted molar refractivity (Wildman–Crippen MR) is 76.1 cm³/mol. The molecule has 1 unspecified atom stereocenters. The van der Waals surface area contributed by atoms with Gasteiger partial charge in [-0.2, -0.15) is 0 Å². The Hall–Kier alpha value is -1.60. The molecule has 92 valence electrons. The molecule has 0 amide bonds. The van der Waals surface area contributed by atoms with E-state index in [2.05, 4.69) is 48.5 Å². The molecule has 3 rings (SSSR count). The third-order valence-electron chi connectivity index (χ3n) is 4.06. The molecular weight excluding hydrogens is 218 g/mol. The molecule has 2 aromatic carbocycles. The minimum absolute atomic E-state index is 0.226. The van der Waals surface area contributed by atoms with Crippen LogP contribution < -0.4 is 5.73 Å².